The number of rotatable bonds is 5. The van der Waals surface area contributed by atoms with Crippen LogP contribution in [0.15, 0.2) is 42.5 Å². The lowest BCUT2D eigenvalue weighted by Crippen LogP contribution is -2.32. The highest BCUT2D eigenvalue weighted by atomic mass is 16.5. The van der Waals surface area contributed by atoms with Gasteiger partial charge in [-0.3, -0.25) is 4.79 Å². The fourth-order valence-corrected chi connectivity index (χ4v) is 2.69. The van der Waals surface area contributed by atoms with Gasteiger partial charge in [0.25, 0.3) is 5.91 Å². The zero-order chi connectivity index (χ0) is 18.6. The Hall–Kier alpha value is -2.29. The lowest BCUT2D eigenvalue weighted by atomic mass is 9.87. The third-order valence-electron chi connectivity index (χ3n) is 4.30. The molecule has 0 saturated heterocycles. The number of ether oxygens (including phenoxy) is 1. The van der Waals surface area contributed by atoms with Crippen LogP contribution in [0.5, 0.6) is 5.75 Å². The smallest absolute Gasteiger partial charge is 0.265 e. The van der Waals surface area contributed by atoms with Crippen LogP contribution in [0, 0.1) is 13.8 Å². The second-order valence-electron chi connectivity index (χ2n) is 7.60. The van der Waals surface area contributed by atoms with E-state index < -0.39 is 6.10 Å². The lowest BCUT2D eigenvalue weighted by Gasteiger charge is -2.21. The highest BCUT2D eigenvalue weighted by Gasteiger charge is 2.20. The van der Waals surface area contributed by atoms with Gasteiger partial charge >= 0.3 is 0 Å². The van der Waals surface area contributed by atoms with E-state index in [2.05, 4.69) is 44.3 Å². The van der Waals surface area contributed by atoms with Crippen LogP contribution < -0.4 is 10.1 Å². The van der Waals surface area contributed by atoms with Crippen molar-refractivity contribution in [2.45, 2.75) is 59.5 Å². The van der Waals surface area contributed by atoms with Gasteiger partial charge in [-0.2, -0.15) is 0 Å². The summed E-state index contributed by atoms with van der Waals surface area (Å²) in [6, 6.07) is 14.0. The van der Waals surface area contributed by atoms with Crippen molar-refractivity contribution in [1.82, 2.24) is 0 Å². The number of amides is 1. The Bertz CT molecular complexity index is 727. The number of benzene rings is 2. The van der Waals surface area contributed by atoms with Crippen molar-refractivity contribution in [2.24, 2.45) is 0 Å². The molecule has 0 aliphatic carbocycles. The standard InChI is InChI=1S/C22H29NO2/c1-7-20(21(24)23-19-13-8-15(2)14-16(19)3)25-18-11-9-17(10-12-18)22(4,5)6/h8-14,20H,7H2,1-6H3,(H,23,24)/t20-/m0/s1. The average molecular weight is 339 g/mol. The Morgan fingerprint density at radius 2 is 1.72 bits per heavy atom. The molecule has 1 N–H and O–H groups in total. The van der Waals surface area contributed by atoms with Crippen LogP contribution in [-0.4, -0.2) is 12.0 Å². The monoisotopic (exact) mass is 339 g/mol. The Morgan fingerprint density at radius 1 is 1.08 bits per heavy atom. The highest BCUT2D eigenvalue weighted by Crippen LogP contribution is 2.25. The molecule has 0 spiro atoms. The number of carbonyl (C=O) groups excluding carboxylic acids is 1. The van der Waals surface area contributed by atoms with E-state index in [1.54, 1.807) is 0 Å². The maximum absolute atomic E-state index is 12.6. The third-order valence-corrected chi connectivity index (χ3v) is 4.30. The van der Waals surface area contributed by atoms with Crippen LogP contribution in [0.1, 0.15) is 50.8 Å². The molecule has 25 heavy (non-hydrogen) atoms. The van der Waals surface area contributed by atoms with Gasteiger partial charge in [0.1, 0.15) is 5.75 Å². The summed E-state index contributed by atoms with van der Waals surface area (Å²) in [5, 5.41) is 2.98. The van der Waals surface area contributed by atoms with Gasteiger partial charge in [0, 0.05) is 5.69 Å². The van der Waals surface area contributed by atoms with E-state index in [0.29, 0.717) is 6.42 Å². The predicted molar refractivity (Wildman–Crippen MR) is 104 cm³/mol. The maximum Gasteiger partial charge on any atom is 0.265 e. The Morgan fingerprint density at radius 3 is 2.24 bits per heavy atom. The van der Waals surface area contributed by atoms with E-state index in [4.69, 9.17) is 4.74 Å². The number of carbonyl (C=O) groups is 1. The van der Waals surface area contributed by atoms with Gasteiger partial charge in [-0.25, -0.2) is 0 Å². The molecule has 2 aromatic carbocycles. The van der Waals surface area contributed by atoms with E-state index >= 15 is 0 Å². The Labute approximate surface area is 151 Å². The minimum atomic E-state index is -0.513. The summed E-state index contributed by atoms with van der Waals surface area (Å²) in [5.41, 5.74) is 4.41. The van der Waals surface area contributed by atoms with Gasteiger partial charge in [-0.1, -0.05) is 57.5 Å². The van der Waals surface area contributed by atoms with E-state index in [0.717, 1.165) is 17.0 Å². The van der Waals surface area contributed by atoms with Crippen molar-refractivity contribution in [1.29, 1.82) is 0 Å². The Kier molecular flexibility index (Phi) is 5.89. The quantitative estimate of drug-likeness (QED) is 0.792. The van der Waals surface area contributed by atoms with Crippen molar-refractivity contribution in [2.75, 3.05) is 5.32 Å². The van der Waals surface area contributed by atoms with Gasteiger partial charge in [0.15, 0.2) is 6.10 Å². The van der Waals surface area contributed by atoms with Crippen molar-refractivity contribution in [3.63, 3.8) is 0 Å². The number of nitrogens with one attached hydrogen (secondary N) is 1. The molecule has 2 rings (SSSR count). The molecule has 3 nitrogen and oxygen atoms in total. The van der Waals surface area contributed by atoms with Crippen LogP contribution in [0.3, 0.4) is 0 Å². The van der Waals surface area contributed by atoms with Crippen molar-refractivity contribution >= 4 is 11.6 Å². The van der Waals surface area contributed by atoms with Crippen molar-refractivity contribution in [3.8, 4) is 5.75 Å². The second kappa shape index (κ2) is 7.73. The summed E-state index contributed by atoms with van der Waals surface area (Å²) in [6.45, 7) is 12.5. The van der Waals surface area contributed by atoms with E-state index in [9.17, 15) is 4.79 Å². The summed E-state index contributed by atoms with van der Waals surface area (Å²) in [5.74, 6) is 0.602. The molecule has 1 atom stereocenters. The first-order chi connectivity index (χ1) is 11.7. The first-order valence-electron chi connectivity index (χ1n) is 8.86. The topological polar surface area (TPSA) is 38.3 Å². The molecule has 0 radical (unpaired) electrons. The van der Waals surface area contributed by atoms with Crippen molar-refractivity contribution in [3.05, 3.63) is 59.2 Å². The molecule has 134 valence electrons. The zero-order valence-electron chi connectivity index (χ0n) is 16.1. The average Bonchev–Trinajstić information content (AvgIpc) is 2.54. The molecule has 2 aromatic rings. The van der Waals surface area contributed by atoms with E-state index in [1.807, 2.05) is 45.0 Å². The van der Waals surface area contributed by atoms with Crippen LogP contribution in [-0.2, 0) is 10.2 Å². The van der Waals surface area contributed by atoms with Gasteiger partial charge in [-0.15, -0.1) is 0 Å². The number of aryl methyl sites for hydroxylation is 2. The molecular formula is C22H29NO2. The molecule has 0 heterocycles. The SMILES string of the molecule is CC[C@H](Oc1ccc(C(C)(C)C)cc1)C(=O)Nc1ccc(C)cc1C. The molecule has 0 unspecified atom stereocenters. The number of anilines is 1. The van der Waals surface area contributed by atoms with Crippen LogP contribution >= 0.6 is 0 Å². The predicted octanol–water partition coefficient (Wildman–Crippen LogP) is 5.40. The molecule has 0 aliphatic heterocycles. The first kappa shape index (κ1) is 19.0. The molecule has 0 bridgehead atoms. The van der Waals surface area contributed by atoms with E-state index in [1.165, 1.54) is 11.1 Å². The molecule has 3 heteroatoms. The summed E-state index contributed by atoms with van der Waals surface area (Å²) in [6.07, 6.45) is 0.0961. The summed E-state index contributed by atoms with van der Waals surface area (Å²) in [7, 11) is 0. The summed E-state index contributed by atoms with van der Waals surface area (Å²) >= 11 is 0. The normalized spacial score (nSPS) is 12.6. The van der Waals surface area contributed by atoms with Crippen LogP contribution in [0.2, 0.25) is 0 Å². The van der Waals surface area contributed by atoms with Gasteiger partial charge in [0.2, 0.25) is 0 Å². The maximum atomic E-state index is 12.6. The molecule has 0 fully saturated rings. The van der Waals surface area contributed by atoms with Crippen LogP contribution in [0.4, 0.5) is 5.69 Å². The molecule has 0 aliphatic rings. The Balaban J connectivity index is 2.07. The van der Waals surface area contributed by atoms with Gasteiger partial charge < -0.3 is 10.1 Å². The van der Waals surface area contributed by atoms with Gasteiger partial charge in [-0.05, 0) is 55.0 Å². The van der Waals surface area contributed by atoms with E-state index in [-0.39, 0.29) is 11.3 Å². The number of hydrogen-bond donors (Lipinski definition) is 1. The third kappa shape index (κ3) is 5.09. The zero-order valence-corrected chi connectivity index (χ0v) is 16.1. The van der Waals surface area contributed by atoms with Gasteiger partial charge in [0.05, 0.1) is 0 Å². The minimum absolute atomic E-state index is 0.100. The number of hydrogen-bond acceptors (Lipinski definition) is 2. The largest absolute Gasteiger partial charge is 0.481 e. The lowest BCUT2D eigenvalue weighted by molar-refractivity contribution is -0.122. The van der Waals surface area contributed by atoms with Crippen molar-refractivity contribution < 1.29 is 9.53 Å². The fraction of sp³-hybridized carbons (Fsp3) is 0.409. The highest BCUT2D eigenvalue weighted by molar-refractivity contribution is 5.95. The van der Waals surface area contributed by atoms with Crippen LogP contribution in [0.25, 0.3) is 0 Å². The minimum Gasteiger partial charge on any atom is -0.481 e. The molecule has 0 saturated carbocycles. The summed E-state index contributed by atoms with van der Waals surface area (Å²) < 4.78 is 5.92. The molecular weight excluding hydrogens is 310 g/mol. The summed E-state index contributed by atoms with van der Waals surface area (Å²) in [4.78, 5) is 12.6. The fourth-order valence-electron chi connectivity index (χ4n) is 2.69. The molecule has 0 aromatic heterocycles. The second-order valence-corrected chi connectivity index (χ2v) is 7.60. The molecule has 1 amide bonds. The first-order valence-corrected chi connectivity index (χ1v) is 8.86.